The van der Waals surface area contributed by atoms with Gasteiger partial charge in [0.1, 0.15) is 10.6 Å². The number of hydrogen-bond donors (Lipinski definition) is 1. The van der Waals surface area contributed by atoms with E-state index in [9.17, 15) is 13.2 Å². The van der Waals surface area contributed by atoms with Crippen LogP contribution in [-0.2, 0) is 15.6 Å². The highest BCUT2D eigenvalue weighted by molar-refractivity contribution is 7.90. The van der Waals surface area contributed by atoms with Crippen molar-refractivity contribution >= 4 is 32.3 Å². The van der Waals surface area contributed by atoms with Gasteiger partial charge in [0.2, 0.25) is 0 Å². The van der Waals surface area contributed by atoms with Gasteiger partial charge in [0.05, 0.1) is 18.4 Å². The molecule has 0 aliphatic rings. The van der Waals surface area contributed by atoms with E-state index in [1.54, 1.807) is 36.5 Å². The Morgan fingerprint density at radius 2 is 1.71 bits per heavy atom. The Hall–Kier alpha value is -3.71. The number of carbonyl (C=O) groups is 1. The number of hydrogen-bond acceptors (Lipinski definition) is 5. The van der Waals surface area contributed by atoms with Crippen molar-refractivity contribution in [1.82, 2.24) is 4.98 Å². The van der Waals surface area contributed by atoms with Crippen LogP contribution in [0.1, 0.15) is 15.9 Å². The molecule has 156 valence electrons. The van der Waals surface area contributed by atoms with E-state index in [-0.39, 0.29) is 22.0 Å². The summed E-state index contributed by atoms with van der Waals surface area (Å²) >= 11 is 0. The Kier molecular flexibility index (Phi) is 5.68. The molecule has 0 aliphatic heterocycles. The number of amides is 1. The minimum atomic E-state index is -3.80. The second kappa shape index (κ2) is 8.57. The summed E-state index contributed by atoms with van der Waals surface area (Å²) in [5, 5.41) is 3.62. The number of nitrogens with one attached hydrogen (secondary N) is 1. The number of carbonyl (C=O) groups excluding carboxylic acids is 1. The van der Waals surface area contributed by atoms with Crippen LogP contribution in [-0.4, -0.2) is 26.4 Å². The molecule has 7 heteroatoms. The second-order valence-electron chi connectivity index (χ2n) is 6.98. The van der Waals surface area contributed by atoms with Crippen LogP contribution in [0.4, 0.5) is 5.69 Å². The summed E-state index contributed by atoms with van der Waals surface area (Å²) in [5.74, 6) is -0.479. The van der Waals surface area contributed by atoms with Crippen molar-refractivity contribution < 1.29 is 17.9 Å². The van der Waals surface area contributed by atoms with Crippen LogP contribution in [0.2, 0.25) is 0 Å². The summed E-state index contributed by atoms with van der Waals surface area (Å²) in [6.07, 6.45) is 1.55. The molecule has 0 saturated carbocycles. The molecule has 4 aromatic rings. The smallest absolute Gasteiger partial charge is 0.255 e. The van der Waals surface area contributed by atoms with Crippen molar-refractivity contribution in [2.24, 2.45) is 0 Å². The molecule has 0 saturated heterocycles. The highest BCUT2D eigenvalue weighted by atomic mass is 32.2. The molecule has 1 amide bonds. The van der Waals surface area contributed by atoms with Crippen molar-refractivity contribution in [2.45, 2.75) is 10.6 Å². The fourth-order valence-electron chi connectivity index (χ4n) is 3.28. The van der Waals surface area contributed by atoms with E-state index in [4.69, 9.17) is 4.74 Å². The zero-order chi connectivity index (χ0) is 21.8. The van der Waals surface area contributed by atoms with Gasteiger partial charge in [-0.2, -0.15) is 0 Å². The van der Waals surface area contributed by atoms with Gasteiger partial charge in [-0.05, 0) is 48.0 Å². The third kappa shape index (κ3) is 4.57. The highest BCUT2D eigenvalue weighted by Crippen LogP contribution is 2.29. The lowest BCUT2D eigenvalue weighted by Gasteiger charge is -2.12. The Morgan fingerprint density at radius 3 is 2.48 bits per heavy atom. The van der Waals surface area contributed by atoms with Crippen molar-refractivity contribution in [3.05, 3.63) is 96.2 Å². The Bertz CT molecular complexity index is 1350. The summed E-state index contributed by atoms with van der Waals surface area (Å²) in [6.45, 7) is 0. The van der Waals surface area contributed by atoms with Gasteiger partial charge in [0, 0.05) is 22.8 Å². The van der Waals surface area contributed by atoms with E-state index >= 15 is 0 Å². The van der Waals surface area contributed by atoms with Gasteiger partial charge in [-0.1, -0.05) is 36.4 Å². The monoisotopic (exact) mass is 432 g/mol. The molecule has 0 unspecified atom stereocenters. The number of pyridine rings is 1. The maximum Gasteiger partial charge on any atom is 0.255 e. The van der Waals surface area contributed by atoms with E-state index in [0.29, 0.717) is 11.3 Å². The predicted molar refractivity (Wildman–Crippen MR) is 120 cm³/mol. The number of benzene rings is 3. The van der Waals surface area contributed by atoms with Gasteiger partial charge >= 0.3 is 0 Å². The van der Waals surface area contributed by atoms with Gasteiger partial charge in [0.25, 0.3) is 5.91 Å². The molecule has 0 bridgehead atoms. The lowest BCUT2D eigenvalue weighted by atomic mass is 10.2. The van der Waals surface area contributed by atoms with Crippen LogP contribution in [0, 0.1) is 0 Å². The third-order valence-electron chi connectivity index (χ3n) is 4.80. The number of sulfone groups is 1. The van der Waals surface area contributed by atoms with Gasteiger partial charge in [-0.15, -0.1) is 0 Å². The first-order valence-corrected chi connectivity index (χ1v) is 11.2. The number of aromatic nitrogens is 1. The van der Waals surface area contributed by atoms with Gasteiger partial charge in [-0.25, -0.2) is 8.42 Å². The first-order valence-electron chi connectivity index (χ1n) is 9.57. The standard InChI is InChI=1S/C24H20N2O4S/c1-30-22-12-11-19(24(27)26-20-8-3-2-4-9-20)14-23(22)31(28,29)16-17-13-18-7-5-6-10-21(18)25-15-17/h2-15H,16H2,1H3,(H,26,27). The molecule has 1 N–H and O–H groups in total. The summed E-state index contributed by atoms with van der Waals surface area (Å²) in [7, 11) is -2.40. The fourth-order valence-corrected chi connectivity index (χ4v) is 4.80. The highest BCUT2D eigenvalue weighted by Gasteiger charge is 2.23. The average molecular weight is 433 g/mol. The number of para-hydroxylation sites is 2. The van der Waals surface area contributed by atoms with E-state index < -0.39 is 15.7 Å². The zero-order valence-corrected chi connectivity index (χ0v) is 17.6. The fraction of sp³-hybridized carbons (Fsp3) is 0.0833. The van der Waals surface area contributed by atoms with Crippen molar-refractivity contribution in [3.8, 4) is 5.75 Å². The Labute approximate surface area is 180 Å². The van der Waals surface area contributed by atoms with E-state index in [1.807, 2.05) is 30.3 Å². The largest absolute Gasteiger partial charge is 0.495 e. The maximum absolute atomic E-state index is 13.2. The SMILES string of the molecule is COc1ccc(C(=O)Nc2ccccc2)cc1S(=O)(=O)Cc1cnc2ccccc2c1. The van der Waals surface area contributed by atoms with Crippen LogP contribution in [0.3, 0.4) is 0 Å². The number of rotatable bonds is 6. The molecule has 3 aromatic carbocycles. The molecule has 0 fully saturated rings. The Balaban J connectivity index is 1.65. The van der Waals surface area contributed by atoms with Crippen LogP contribution >= 0.6 is 0 Å². The topological polar surface area (TPSA) is 85.4 Å². The van der Waals surface area contributed by atoms with Crippen LogP contribution in [0.5, 0.6) is 5.75 Å². The number of fused-ring (bicyclic) bond motifs is 1. The third-order valence-corrected chi connectivity index (χ3v) is 6.50. The van der Waals surface area contributed by atoms with Crippen molar-refractivity contribution in [2.75, 3.05) is 12.4 Å². The molecular formula is C24H20N2O4S. The molecule has 0 radical (unpaired) electrons. The summed E-state index contributed by atoms with van der Waals surface area (Å²) in [5.41, 5.74) is 2.19. The molecular weight excluding hydrogens is 412 g/mol. The van der Waals surface area contributed by atoms with Crippen LogP contribution in [0.15, 0.2) is 90.0 Å². The molecule has 1 aromatic heterocycles. The number of ether oxygens (including phenoxy) is 1. The predicted octanol–water partition coefficient (Wildman–Crippen LogP) is 4.47. The number of nitrogens with zero attached hydrogens (tertiary/aromatic N) is 1. The first kappa shape index (κ1) is 20.6. The molecule has 0 spiro atoms. The lowest BCUT2D eigenvalue weighted by molar-refractivity contribution is 0.102. The molecule has 4 rings (SSSR count). The molecule has 6 nitrogen and oxygen atoms in total. The minimum absolute atomic E-state index is 0.0381. The second-order valence-corrected chi connectivity index (χ2v) is 8.94. The maximum atomic E-state index is 13.2. The summed E-state index contributed by atoms with van der Waals surface area (Å²) in [6, 6.07) is 22.6. The molecule has 31 heavy (non-hydrogen) atoms. The first-order chi connectivity index (χ1) is 15.0. The van der Waals surface area contributed by atoms with Gasteiger partial charge in [0.15, 0.2) is 9.84 Å². The summed E-state index contributed by atoms with van der Waals surface area (Å²) < 4.78 is 31.7. The molecule has 0 aliphatic carbocycles. The summed E-state index contributed by atoms with van der Waals surface area (Å²) in [4.78, 5) is 16.9. The zero-order valence-electron chi connectivity index (χ0n) is 16.8. The van der Waals surface area contributed by atoms with Crippen LogP contribution in [0.25, 0.3) is 10.9 Å². The molecule has 0 atom stereocenters. The molecule has 1 heterocycles. The number of anilines is 1. The average Bonchev–Trinajstić information content (AvgIpc) is 2.79. The number of methoxy groups -OCH3 is 1. The Morgan fingerprint density at radius 1 is 0.968 bits per heavy atom. The van der Waals surface area contributed by atoms with Crippen LogP contribution < -0.4 is 10.1 Å². The van der Waals surface area contributed by atoms with Crippen molar-refractivity contribution in [1.29, 1.82) is 0 Å². The van der Waals surface area contributed by atoms with E-state index in [2.05, 4.69) is 10.3 Å². The van der Waals surface area contributed by atoms with Crippen molar-refractivity contribution in [3.63, 3.8) is 0 Å². The van der Waals surface area contributed by atoms with E-state index in [0.717, 1.165) is 10.9 Å². The minimum Gasteiger partial charge on any atom is -0.495 e. The van der Waals surface area contributed by atoms with E-state index in [1.165, 1.54) is 25.3 Å². The lowest BCUT2D eigenvalue weighted by Crippen LogP contribution is -2.14. The van der Waals surface area contributed by atoms with Gasteiger partial charge < -0.3 is 10.1 Å². The normalized spacial score (nSPS) is 11.3. The quantitative estimate of drug-likeness (QED) is 0.486. The van der Waals surface area contributed by atoms with Gasteiger partial charge in [-0.3, -0.25) is 9.78 Å².